The standard InChI is InChI=1S/C21H17ClFNO5/c1-27-12-4-5-13(18(8-12)28-2)14-9-19(25)24(17-10-29-21(26)20(14)17)11-3-6-16(23)15(22)7-11/h3-8,14H,9-10H2,1-2H3. The number of anilines is 1. The maximum Gasteiger partial charge on any atom is 0.336 e. The number of hydrogen-bond acceptors (Lipinski definition) is 5. The predicted octanol–water partition coefficient (Wildman–Crippen LogP) is 3.83. The van der Waals surface area contributed by atoms with Crippen molar-refractivity contribution in [3.8, 4) is 11.5 Å². The molecule has 2 heterocycles. The molecule has 8 heteroatoms. The third kappa shape index (κ3) is 3.21. The second kappa shape index (κ2) is 7.40. The summed E-state index contributed by atoms with van der Waals surface area (Å²) in [6.45, 7) is -0.0517. The first kappa shape index (κ1) is 19.3. The zero-order valence-electron chi connectivity index (χ0n) is 15.7. The molecule has 1 unspecified atom stereocenters. The van der Waals surface area contributed by atoms with E-state index in [4.69, 9.17) is 25.8 Å². The summed E-state index contributed by atoms with van der Waals surface area (Å²) in [6.07, 6.45) is 0.0195. The van der Waals surface area contributed by atoms with Crippen LogP contribution in [0.4, 0.5) is 10.1 Å². The third-order valence-corrected chi connectivity index (χ3v) is 5.38. The Kier molecular flexibility index (Phi) is 4.92. The number of carbonyl (C=O) groups is 2. The molecule has 29 heavy (non-hydrogen) atoms. The molecule has 1 amide bonds. The number of cyclic esters (lactones) is 1. The molecule has 0 N–H and O–H groups in total. The Morgan fingerprint density at radius 3 is 2.62 bits per heavy atom. The molecule has 1 atom stereocenters. The lowest BCUT2D eigenvalue weighted by Crippen LogP contribution is -2.37. The number of carbonyl (C=O) groups excluding carboxylic acids is 2. The molecule has 0 spiro atoms. The van der Waals surface area contributed by atoms with Crippen molar-refractivity contribution < 1.29 is 28.2 Å². The minimum absolute atomic E-state index is 0.0195. The van der Waals surface area contributed by atoms with Gasteiger partial charge in [-0.15, -0.1) is 0 Å². The lowest BCUT2D eigenvalue weighted by molar-refractivity contribution is -0.136. The van der Waals surface area contributed by atoms with Crippen molar-refractivity contribution >= 4 is 29.2 Å². The van der Waals surface area contributed by atoms with Gasteiger partial charge in [0.05, 0.1) is 36.2 Å². The minimum atomic E-state index is -0.589. The van der Waals surface area contributed by atoms with Crippen molar-refractivity contribution in [3.05, 3.63) is 64.1 Å². The van der Waals surface area contributed by atoms with Crippen LogP contribution in [0, 0.1) is 5.82 Å². The maximum atomic E-state index is 13.6. The van der Waals surface area contributed by atoms with E-state index < -0.39 is 17.7 Å². The topological polar surface area (TPSA) is 65.1 Å². The van der Waals surface area contributed by atoms with Gasteiger partial charge in [-0.2, -0.15) is 0 Å². The molecule has 0 aliphatic carbocycles. The van der Waals surface area contributed by atoms with Crippen molar-refractivity contribution in [1.82, 2.24) is 0 Å². The van der Waals surface area contributed by atoms with E-state index in [9.17, 15) is 14.0 Å². The summed E-state index contributed by atoms with van der Waals surface area (Å²) in [6, 6.07) is 9.20. The van der Waals surface area contributed by atoms with Crippen LogP contribution in [0.25, 0.3) is 0 Å². The molecule has 2 aliphatic rings. The molecule has 0 saturated heterocycles. The van der Waals surface area contributed by atoms with Crippen LogP contribution in [0.1, 0.15) is 17.9 Å². The maximum absolute atomic E-state index is 13.6. The van der Waals surface area contributed by atoms with Gasteiger partial charge in [0.2, 0.25) is 5.91 Å². The van der Waals surface area contributed by atoms with E-state index in [-0.39, 0.29) is 24.0 Å². The zero-order valence-corrected chi connectivity index (χ0v) is 16.5. The number of esters is 1. The second-order valence-electron chi connectivity index (χ2n) is 6.63. The third-order valence-electron chi connectivity index (χ3n) is 5.09. The lowest BCUT2D eigenvalue weighted by atomic mass is 9.83. The number of hydrogen-bond donors (Lipinski definition) is 0. The number of ether oxygens (including phenoxy) is 3. The number of amides is 1. The fourth-order valence-electron chi connectivity index (χ4n) is 3.75. The molecule has 0 bridgehead atoms. The van der Waals surface area contributed by atoms with Gasteiger partial charge < -0.3 is 14.2 Å². The van der Waals surface area contributed by atoms with E-state index in [1.54, 1.807) is 25.3 Å². The Morgan fingerprint density at radius 2 is 1.93 bits per heavy atom. The molecule has 2 aromatic rings. The Balaban J connectivity index is 1.84. The van der Waals surface area contributed by atoms with Gasteiger partial charge in [0, 0.05) is 24.0 Å². The Bertz CT molecular complexity index is 1050. The Hall–Kier alpha value is -3.06. The van der Waals surface area contributed by atoms with E-state index in [0.717, 1.165) is 0 Å². The van der Waals surface area contributed by atoms with E-state index in [0.29, 0.717) is 34.0 Å². The van der Waals surface area contributed by atoms with Crippen molar-refractivity contribution in [3.63, 3.8) is 0 Å². The monoisotopic (exact) mass is 417 g/mol. The van der Waals surface area contributed by atoms with E-state index in [2.05, 4.69) is 0 Å². The molecule has 2 aromatic carbocycles. The SMILES string of the molecule is COc1ccc(C2CC(=O)N(c3ccc(F)c(Cl)c3)C3=C2C(=O)OC3)c(OC)c1. The summed E-state index contributed by atoms with van der Waals surface area (Å²) >= 11 is 5.89. The molecule has 6 nitrogen and oxygen atoms in total. The van der Waals surface area contributed by atoms with Crippen LogP contribution >= 0.6 is 11.6 Å². The quantitative estimate of drug-likeness (QED) is 0.707. The van der Waals surface area contributed by atoms with Crippen LogP contribution in [-0.4, -0.2) is 32.7 Å². The van der Waals surface area contributed by atoms with Crippen LogP contribution < -0.4 is 14.4 Å². The molecule has 0 radical (unpaired) electrons. The van der Waals surface area contributed by atoms with Crippen LogP contribution in [-0.2, 0) is 14.3 Å². The molecule has 0 saturated carbocycles. The highest BCUT2D eigenvalue weighted by Gasteiger charge is 2.43. The summed E-state index contributed by atoms with van der Waals surface area (Å²) in [5, 5.41) is -0.110. The van der Waals surface area contributed by atoms with E-state index in [1.165, 1.54) is 30.2 Å². The van der Waals surface area contributed by atoms with E-state index in [1.807, 2.05) is 0 Å². The zero-order chi connectivity index (χ0) is 20.7. The molecule has 4 rings (SSSR count). The first-order valence-corrected chi connectivity index (χ1v) is 9.22. The normalized spacial score (nSPS) is 18.6. The van der Waals surface area contributed by atoms with Crippen LogP contribution in [0.5, 0.6) is 11.5 Å². The van der Waals surface area contributed by atoms with Crippen LogP contribution in [0.2, 0.25) is 5.02 Å². The smallest absolute Gasteiger partial charge is 0.336 e. The molecule has 2 aliphatic heterocycles. The summed E-state index contributed by atoms with van der Waals surface area (Å²) in [5.74, 6) is -0.763. The second-order valence-corrected chi connectivity index (χ2v) is 7.04. The van der Waals surface area contributed by atoms with Crippen molar-refractivity contribution in [2.24, 2.45) is 0 Å². The fourth-order valence-corrected chi connectivity index (χ4v) is 3.92. The highest BCUT2D eigenvalue weighted by Crippen LogP contribution is 2.45. The summed E-state index contributed by atoms with van der Waals surface area (Å²) in [5.41, 5.74) is 1.88. The highest BCUT2D eigenvalue weighted by atomic mass is 35.5. The summed E-state index contributed by atoms with van der Waals surface area (Å²) in [7, 11) is 3.05. The van der Waals surface area contributed by atoms with Crippen LogP contribution in [0.3, 0.4) is 0 Å². The summed E-state index contributed by atoms with van der Waals surface area (Å²) in [4.78, 5) is 27.0. The first-order valence-electron chi connectivity index (χ1n) is 8.84. The van der Waals surface area contributed by atoms with Gasteiger partial charge in [0.15, 0.2) is 0 Å². The number of methoxy groups -OCH3 is 2. The van der Waals surface area contributed by atoms with Gasteiger partial charge in [-0.25, -0.2) is 9.18 Å². The average Bonchev–Trinajstić information content (AvgIpc) is 3.10. The van der Waals surface area contributed by atoms with Gasteiger partial charge in [-0.1, -0.05) is 17.7 Å². The van der Waals surface area contributed by atoms with Gasteiger partial charge in [0.1, 0.15) is 23.9 Å². The molecular formula is C21H17ClFNO5. The fraction of sp³-hybridized carbons (Fsp3) is 0.238. The number of rotatable bonds is 4. The minimum Gasteiger partial charge on any atom is -0.497 e. The number of nitrogens with zero attached hydrogens (tertiary/aromatic N) is 1. The van der Waals surface area contributed by atoms with Crippen molar-refractivity contribution in [2.45, 2.75) is 12.3 Å². The predicted molar refractivity (Wildman–Crippen MR) is 104 cm³/mol. The van der Waals surface area contributed by atoms with Crippen LogP contribution in [0.15, 0.2) is 47.7 Å². The molecule has 150 valence electrons. The number of halogens is 2. The van der Waals surface area contributed by atoms with E-state index >= 15 is 0 Å². The summed E-state index contributed by atoms with van der Waals surface area (Å²) < 4.78 is 29.5. The van der Waals surface area contributed by atoms with Gasteiger partial charge in [-0.05, 0) is 24.3 Å². The van der Waals surface area contributed by atoms with Gasteiger partial charge in [-0.3, -0.25) is 9.69 Å². The largest absolute Gasteiger partial charge is 0.497 e. The van der Waals surface area contributed by atoms with Crippen molar-refractivity contribution in [2.75, 3.05) is 25.7 Å². The Morgan fingerprint density at radius 1 is 1.14 bits per heavy atom. The Labute approximate surface area is 171 Å². The molecule has 0 fully saturated rings. The van der Waals surface area contributed by atoms with Gasteiger partial charge in [0.25, 0.3) is 0 Å². The first-order chi connectivity index (χ1) is 13.9. The number of benzene rings is 2. The highest BCUT2D eigenvalue weighted by molar-refractivity contribution is 6.31. The molecular weight excluding hydrogens is 401 g/mol. The lowest BCUT2D eigenvalue weighted by Gasteiger charge is -2.32. The van der Waals surface area contributed by atoms with Gasteiger partial charge >= 0.3 is 5.97 Å². The average molecular weight is 418 g/mol. The van der Waals surface area contributed by atoms with Crippen molar-refractivity contribution in [1.29, 1.82) is 0 Å². The molecule has 0 aromatic heterocycles.